The van der Waals surface area contributed by atoms with Gasteiger partial charge in [0.2, 0.25) is 5.94 Å². The first-order chi connectivity index (χ1) is 12.6. The van der Waals surface area contributed by atoms with Crippen LogP contribution in [-0.4, -0.2) is 37.1 Å². The summed E-state index contributed by atoms with van der Waals surface area (Å²) in [6.07, 6.45) is 1.04. The maximum atomic E-state index is 12.9. The van der Waals surface area contributed by atoms with Crippen LogP contribution in [0.15, 0.2) is 41.6 Å². The van der Waals surface area contributed by atoms with Crippen LogP contribution in [-0.2, 0) is 19.5 Å². The van der Waals surface area contributed by atoms with E-state index in [4.69, 9.17) is 4.84 Å². The SMILES string of the molecule is CC(C)(C)C(=O)/C(=N\OCS(C)(=O)=O)c1nc2c(ccc3ccccc32)s1. The van der Waals surface area contributed by atoms with Crippen LogP contribution in [0.25, 0.3) is 21.0 Å². The molecule has 2 aromatic carbocycles. The van der Waals surface area contributed by atoms with Gasteiger partial charge in [0, 0.05) is 17.1 Å². The summed E-state index contributed by atoms with van der Waals surface area (Å²) in [7, 11) is -3.37. The third kappa shape index (κ3) is 4.33. The number of aromatic nitrogens is 1. The molecule has 0 saturated heterocycles. The van der Waals surface area contributed by atoms with E-state index in [-0.39, 0.29) is 11.5 Å². The monoisotopic (exact) mass is 404 g/mol. The van der Waals surface area contributed by atoms with Crippen molar-refractivity contribution in [3.05, 3.63) is 41.4 Å². The first kappa shape index (κ1) is 19.4. The number of carbonyl (C=O) groups is 1. The zero-order valence-electron chi connectivity index (χ0n) is 15.5. The minimum Gasteiger partial charge on any atom is -0.379 e. The van der Waals surface area contributed by atoms with Crippen molar-refractivity contribution < 1.29 is 18.0 Å². The summed E-state index contributed by atoms with van der Waals surface area (Å²) in [5, 5.41) is 6.30. The normalized spacial score (nSPS) is 13.3. The highest BCUT2D eigenvalue weighted by molar-refractivity contribution is 7.90. The Morgan fingerprint density at radius 2 is 1.89 bits per heavy atom. The van der Waals surface area contributed by atoms with Crippen molar-refractivity contribution in [2.75, 3.05) is 12.2 Å². The van der Waals surface area contributed by atoms with Crippen molar-refractivity contribution in [1.82, 2.24) is 4.98 Å². The van der Waals surface area contributed by atoms with Gasteiger partial charge < -0.3 is 4.84 Å². The van der Waals surface area contributed by atoms with E-state index in [9.17, 15) is 13.2 Å². The minimum atomic E-state index is -3.37. The van der Waals surface area contributed by atoms with E-state index >= 15 is 0 Å². The molecule has 1 heterocycles. The van der Waals surface area contributed by atoms with Gasteiger partial charge >= 0.3 is 0 Å². The fourth-order valence-corrected chi connectivity index (χ4v) is 3.69. The van der Waals surface area contributed by atoms with E-state index in [1.54, 1.807) is 20.8 Å². The quantitative estimate of drug-likeness (QED) is 0.477. The first-order valence-electron chi connectivity index (χ1n) is 8.27. The molecule has 3 aromatic rings. The van der Waals surface area contributed by atoms with Crippen LogP contribution in [0, 0.1) is 5.41 Å². The molecule has 0 aliphatic heterocycles. The Morgan fingerprint density at radius 1 is 1.19 bits per heavy atom. The van der Waals surface area contributed by atoms with Gasteiger partial charge in [0.15, 0.2) is 21.3 Å². The van der Waals surface area contributed by atoms with Crippen LogP contribution in [0.4, 0.5) is 0 Å². The highest BCUT2D eigenvalue weighted by Gasteiger charge is 2.30. The highest BCUT2D eigenvalue weighted by Crippen LogP contribution is 2.31. The Kier molecular flexibility index (Phi) is 5.05. The van der Waals surface area contributed by atoms with Crippen LogP contribution in [0.3, 0.4) is 0 Å². The topological polar surface area (TPSA) is 85.7 Å². The number of carbonyl (C=O) groups excluding carboxylic acids is 1. The maximum absolute atomic E-state index is 12.9. The van der Waals surface area contributed by atoms with Gasteiger partial charge in [-0.1, -0.05) is 56.3 Å². The van der Waals surface area contributed by atoms with Gasteiger partial charge in [-0.15, -0.1) is 11.3 Å². The average Bonchev–Trinajstić information content (AvgIpc) is 3.00. The number of sulfone groups is 1. The largest absolute Gasteiger partial charge is 0.379 e. The molecule has 142 valence electrons. The molecular formula is C19H20N2O4S2. The number of rotatable bonds is 5. The molecule has 0 atom stereocenters. The molecule has 0 unspecified atom stereocenters. The maximum Gasteiger partial charge on any atom is 0.217 e. The Balaban J connectivity index is 2.12. The van der Waals surface area contributed by atoms with Gasteiger partial charge in [0.05, 0.1) is 10.2 Å². The molecule has 27 heavy (non-hydrogen) atoms. The molecule has 0 amide bonds. The van der Waals surface area contributed by atoms with Crippen LogP contribution < -0.4 is 0 Å². The molecule has 0 radical (unpaired) electrons. The number of hydrogen-bond donors (Lipinski definition) is 0. The van der Waals surface area contributed by atoms with Crippen molar-refractivity contribution >= 4 is 53.7 Å². The van der Waals surface area contributed by atoms with Crippen molar-refractivity contribution in [3.8, 4) is 0 Å². The average molecular weight is 405 g/mol. The van der Waals surface area contributed by atoms with E-state index in [2.05, 4.69) is 10.1 Å². The smallest absolute Gasteiger partial charge is 0.217 e. The fraction of sp³-hybridized carbons (Fsp3) is 0.316. The van der Waals surface area contributed by atoms with Gasteiger partial charge in [0.25, 0.3) is 0 Å². The zero-order valence-corrected chi connectivity index (χ0v) is 17.1. The van der Waals surface area contributed by atoms with Gasteiger partial charge in [-0.2, -0.15) is 0 Å². The molecule has 0 N–H and O–H groups in total. The van der Waals surface area contributed by atoms with Crippen LogP contribution in [0.2, 0.25) is 0 Å². The Labute approximate surface area is 161 Å². The van der Waals surface area contributed by atoms with E-state index < -0.39 is 21.2 Å². The molecule has 8 heteroatoms. The van der Waals surface area contributed by atoms with E-state index in [1.807, 2.05) is 36.4 Å². The van der Waals surface area contributed by atoms with Crippen molar-refractivity contribution in [3.63, 3.8) is 0 Å². The standard InChI is InChI=1S/C19H20N2O4S2/c1-19(2,3)17(22)16(21-25-11-27(4,23)24)18-20-15-13-8-6-5-7-12(13)9-10-14(15)26-18/h5-10H,11H2,1-4H3/b21-16+. The molecule has 0 fully saturated rings. The molecule has 3 rings (SSSR count). The van der Waals surface area contributed by atoms with E-state index in [0.29, 0.717) is 5.01 Å². The zero-order chi connectivity index (χ0) is 19.8. The first-order valence-corrected chi connectivity index (χ1v) is 11.1. The number of nitrogens with zero attached hydrogens (tertiary/aromatic N) is 2. The lowest BCUT2D eigenvalue weighted by Gasteiger charge is -2.16. The summed E-state index contributed by atoms with van der Waals surface area (Å²) in [5.41, 5.74) is 0.106. The molecule has 0 bridgehead atoms. The van der Waals surface area contributed by atoms with Gasteiger partial charge in [-0.05, 0) is 11.5 Å². The number of hydrogen-bond acceptors (Lipinski definition) is 7. The molecule has 0 saturated carbocycles. The molecule has 0 aliphatic carbocycles. The van der Waals surface area contributed by atoms with Gasteiger partial charge in [-0.3, -0.25) is 4.79 Å². The fourth-order valence-electron chi connectivity index (χ4n) is 2.48. The summed E-state index contributed by atoms with van der Waals surface area (Å²) in [6.45, 7) is 5.30. The Bertz CT molecular complexity index is 1160. The number of fused-ring (bicyclic) bond motifs is 3. The van der Waals surface area contributed by atoms with Crippen LogP contribution >= 0.6 is 11.3 Å². The second-order valence-corrected chi connectivity index (χ2v) is 10.5. The lowest BCUT2D eigenvalue weighted by molar-refractivity contribution is -0.119. The summed E-state index contributed by atoms with van der Waals surface area (Å²) >= 11 is 1.33. The predicted molar refractivity (Wildman–Crippen MR) is 109 cm³/mol. The Hall–Kier alpha value is -2.32. The number of thiazole rings is 1. The summed E-state index contributed by atoms with van der Waals surface area (Å²) < 4.78 is 23.5. The third-order valence-corrected chi connectivity index (χ3v) is 5.37. The molecule has 0 aliphatic rings. The van der Waals surface area contributed by atoms with Crippen molar-refractivity contribution in [2.45, 2.75) is 20.8 Å². The number of Topliss-reactive ketones (excluding diaryl/α,β-unsaturated/α-hetero) is 1. The van der Waals surface area contributed by atoms with Gasteiger partial charge in [0.1, 0.15) is 5.01 Å². The summed E-state index contributed by atoms with van der Waals surface area (Å²) in [6, 6.07) is 11.8. The minimum absolute atomic E-state index is 0.0384. The van der Waals surface area contributed by atoms with Crippen LogP contribution in [0.1, 0.15) is 25.8 Å². The van der Waals surface area contributed by atoms with Crippen molar-refractivity contribution in [2.24, 2.45) is 10.6 Å². The third-order valence-electron chi connectivity index (χ3n) is 3.81. The Morgan fingerprint density at radius 3 is 2.56 bits per heavy atom. The van der Waals surface area contributed by atoms with Crippen molar-refractivity contribution in [1.29, 1.82) is 0 Å². The highest BCUT2D eigenvalue weighted by atomic mass is 32.2. The number of oxime groups is 1. The summed E-state index contributed by atoms with van der Waals surface area (Å²) in [4.78, 5) is 22.5. The van der Waals surface area contributed by atoms with E-state index in [0.717, 1.165) is 27.2 Å². The van der Waals surface area contributed by atoms with E-state index in [1.165, 1.54) is 11.3 Å². The molecule has 6 nitrogen and oxygen atoms in total. The predicted octanol–water partition coefficient (Wildman–Crippen LogP) is 3.79. The number of benzene rings is 2. The molecular weight excluding hydrogens is 384 g/mol. The number of ketones is 1. The molecule has 1 aromatic heterocycles. The molecule has 0 spiro atoms. The lowest BCUT2D eigenvalue weighted by Crippen LogP contribution is -2.29. The second-order valence-electron chi connectivity index (χ2n) is 7.34. The van der Waals surface area contributed by atoms with Gasteiger partial charge in [-0.25, -0.2) is 13.4 Å². The van der Waals surface area contributed by atoms with Crippen LogP contribution in [0.5, 0.6) is 0 Å². The lowest BCUT2D eigenvalue weighted by atomic mass is 9.88. The summed E-state index contributed by atoms with van der Waals surface area (Å²) in [5.74, 6) is -0.860. The second kappa shape index (κ2) is 7.01.